The molecule has 1 aliphatic rings. The highest BCUT2D eigenvalue weighted by Crippen LogP contribution is 2.22. The highest BCUT2D eigenvalue weighted by molar-refractivity contribution is 5.94. The van der Waals surface area contributed by atoms with E-state index >= 15 is 0 Å². The van der Waals surface area contributed by atoms with Crippen LogP contribution in [0.3, 0.4) is 0 Å². The van der Waals surface area contributed by atoms with Gasteiger partial charge in [0.1, 0.15) is 5.82 Å². The number of hydrogen-bond acceptors (Lipinski definition) is 4. The van der Waals surface area contributed by atoms with Gasteiger partial charge in [-0.3, -0.25) is 9.69 Å². The first-order valence-electron chi connectivity index (χ1n) is 7.18. The number of imidazole rings is 1. The highest BCUT2D eigenvalue weighted by atomic mass is 16.2. The third-order valence-electron chi connectivity index (χ3n) is 4.01. The summed E-state index contributed by atoms with van der Waals surface area (Å²) in [5, 5.41) is 8.96. The van der Waals surface area contributed by atoms with E-state index in [0.717, 1.165) is 12.4 Å². The smallest absolute Gasteiger partial charge is 0.254 e. The van der Waals surface area contributed by atoms with Crippen molar-refractivity contribution in [2.24, 2.45) is 0 Å². The van der Waals surface area contributed by atoms with E-state index in [1.54, 1.807) is 36.7 Å². The minimum absolute atomic E-state index is 0.0400. The minimum atomic E-state index is -0.0400. The molecule has 22 heavy (non-hydrogen) atoms. The normalized spacial score (nSPS) is 18.9. The second kappa shape index (κ2) is 6.00. The molecule has 1 aliphatic heterocycles. The number of nitrogens with zero attached hydrogens (tertiary/aromatic N) is 4. The Morgan fingerprint density at radius 2 is 2.32 bits per heavy atom. The predicted molar refractivity (Wildman–Crippen MR) is 81.0 cm³/mol. The quantitative estimate of drug-likeness (QED) is 0.909. The van der Waals surface area contributed by atoms with Crippen molar-refractivity contribution < 1.29 is 4.79 Å². The molecule has 1 aromatic heterocycles. The van der Waals surface area contributed by atoms with Gasteiger partial charge in [0.25, 0.3) is 5.91 Å². The minimum Gasteiger partial charge on any atom is -0.347 e. The van der Waals surface area contributed by atoms with Gasteiger partial charge in [0.2, 0.25) is 0 Å². The van der Waals surface area contributed by atoms with Gasteiger partial charge in [-0.1, -0.05) is 6.07 Å². The molecule has 1 aromatic carbocycles. The Morgan fingerprint density at radius 1 is 1.45 bits per heavy atom. The number of benzene rings is 1. The van der Waals surface area contributed by atoms with Crippen molar-refractivity contribution in [2.75, 3.05) is 26.7 Å². The summed E-state index contributed by atoms with van der Waals surface area (Å²) in [5.74, 6) is 0.826. The van der Waals surface area contributed by atoms with Gasteiger partial charge < -0.3 is 9.88 Å². The molecule has 1 saturated heterocycles. The van der Waals surface area contributed by atoms with Crippen molar-refractivity contribution in [3.05, 3.63) is 53.6 Å². The summed E-state index contributed by atoms with van der Waals surface area (Å²) in [6.45, 7) is 2.04. The molecule has 0 aliphatic carbocycles. The Balaban J connectivity index is 1.80. The zero-order valence-electron chi connectivity index (χ0n) is 12.4. The Hall–Kier alpha value is -2.65. The molecule has 6 heteroatoms. The van der Waals surface area contributed by atoms with Crippen LogP contribution in [-0.2, 0) is 0 Å². The lowest BCUT2D eigenvalue weighted by atomic mass is 10.1. The first-order chi connectivity index (χ1) is 10.7. The van der Waals surface area contributed by atoms with E-state index in [9.17, 15) is 4.79 Å². The molecule has 112 valence electrons. The number of nitrogens with one attached hydrogen (secondary N) is 1. The second-order valence-corrected chi connectivity index (χ2v) is 5.41. The van der Waals surface area contributed by atoms with Gasteiger partial charge in [-0.2, -0.15) is 5.26 Å². The van der Waals surface area contributed by atoms with Crippen molar-refractivity contribution >= 4 is 5.91 Å². The topological polar surface area (TPSA) is 76.0 Å². The summed E-state index contributed by atoms with van der Waals surface area (Å²) in [7, 11) is 2.03. The molecular formula is C16H17N5O. The Bertz CT molecular complexity index is 704. The first-order valence-corrected chi connectivity index (χ1v) is 7.18. The van der Waals surface area contributed by atoms with Gasteiger partial charge in [0.05, 0.1) is 17.7 Å². The monoisotopic (exact) mass is 295 g/mol. The number of hydrogen-bond donors (Lipinski definition) is 1. The van der Waals surface area contributed by atoms with Gasteiger partial charge in [-0.05, 0) is 25.2 Å². The van der Waals surface area contributed by atoms with Crippen molar-refractivity contribution in [3.8, 4) is 6.07 Å². The molecular weight excluding hydrogens is 278 g/mol. The maximum Gasteiger partial charge on any atom is 0.254 e. The van der Waals surface area contributed by atoms with E-state index in [1.807, 2.05) is 11.9 Å². The van der Waals surface area contributed by atoms with Crippen LogP contribution in [0.25, 0.3) is 0 Å². The molecule has 0 bridgehead atoms. The van der Waals surface area contributed by atoms with Crippen molar-refractivity contribution in [2.45, 2.75) is 6.04 Å². The molecule has 1 fully saturated rings. The summed E-state index contributed by atoms with van der Waals surface area (Å²) in [4.78, 5) is 24.1. The number of nitriles is 1. The fourth-order valence-corrected chi connectivity index (χ4v) is 2.72. The van der Waals surface area contributed by atoms with Crippen molar-refractivity contribution in [1.82, 2.24) is 19.8 Å². The summed E-state index contributed by atoms with van der Waals surface area (Å²) in [5.41, 5.74) is 1.06. The molecule has 6 nitrogen and oxygen atoms in total. The van der Waals surface area contributed by atoms with Gasteiger partial charge >= 0.3 is 0 Å². The maximum atomic E-state index is 12.7. The van der Waals surface area contributed by atoms with Gasteiger partial charge in [-0.25, -0.2) is 4.98 Å². The number of likely N-dealkylation sites (N-methyl/N-ethyl adjacent to an activating group) is 1. The van der Waals surface area contributed by atoms with Crippen LogP contribution in [0.1, 0.15) is 27.8 Å². The molecule has 3 rings (SSSR count). The number of rotatable bonds is 2. The lowest BCUT2D eigenvalue weighted by molar-refractivity contribution is 0.0534. The van der Waals surface area contributed by atoms with Crippen LogP contribution in [0.2, 0.25) is 0 Å². The third-order valence-corrected chi connectivity index (χ3v) is 4.01. The molecule has 1 atom stereocenters. The van der Waals surface area contributed by atoms with E-state index in [-0.39, 0.29) is 11.9 Å². The lowest BCUT2D eigenvalue weighted by Gasteiger charge is -2.38. The molecule has 1 N–H and O–H groups in total. The average Bonchev–Trinajstić information content (AvgIpc) is 3.09. The van der Waals surface area contributed by atoms with E-state index in [4.69, 9.17) is 5.26 Å². The zero-order valence-corrected chi connectivity index (χ0v) is 12.4. The van der Waals surface area contributed by atoms with Crippen LogP contribution in [0.15, 0.2) is 36.7 Å². The fourth-order valence-electron chi connectivity index (χ4n) is 2.72. The molecule has 0 spiro atoms. The number of aromatic nitrogens is 2. The second-order valence-electron chi connectivity index (χ2n) is 5.41. The van der Waals surface area contributed by atoms with Crippen LogP contribution < -0.4 is 0 Å². The fraction of sp³-hybridized carbons (Fsp3) is 0.312. The Morgan fingerprint density at radius 3 is 3.05 bits per heavy atom. The summed E-state index contributed by atoms with van der Waals surface area (Å²) >= 11 is 0. The lowest BCUT2D eigenvalue weighted by Crippen LogP contribution is -2.49. The average molecular weight is 295 g/mol. The standard InChI is InChI=1S/C16H17N5O/c1-20-7-8-21(11-14(20)15-18-5-6-19-15)16(22)13-4-2-3-12(9-13)10-17/h2-6,9,14H,7-8,11H2,1H3,(H,18,19)/t14-/m0/s1. The van der Waals surface area contributed by atoms with E-state index in [0.29, 0.717) is 24.2 Å². The van der Waals surface area contributed by atoms with Crippen LogP contribution in [0.5, 0.6) is 0 Å². The third kappa shape index (κ3) is 2.71. The van der Waals surface area contributed by atoms with Crippen molar-refractivity contribution in [1.29, 1.82) is 5.26 Å². The Labute approximate surface area is 129 Å². The molecule has 1 amide bonds. The zero-order chi connectivity index (χ0) is 15.5. The van der Waals surface area contributed by atoms with Crippen LogP contribution in [-0.4, -0.2) is 52.4 Å². The molecule has 2 aromatic rings. The van der Waals surface area contributed by atoms with Gasteiger partial charge in [-0.15, -0.1) is 0 Å². The predicted octanol–water partition coefficient (Wildman–Crippen LogP) is 1.41. The highest BCUT2D eigenvalue weighted by Gasteiger charge is 2.30. The number of carbonyl (C=O) groups is 1. The molecule has 0 radical (unpaired) electrons. The number of aromatic amines is 1. The maximum absolute atomic E-state index is 12.7. The SMILES string of the molecule is CN1CCN(C(=O)c2cccc(C#N)c2)C[C@H]1c1ncc[nH]1. The van der Waals surface area contributed by atoms with Crippen LogP contribution in [0.4, 0.5) is 0 Å². The van der Waals surface area contributed by atoms with Crippen LogP contribution >= 0.6 is 0 Å². The Kier molecular flexibility index (Phi) is 3.90. The largest absolute Gasteiger partial charge is 0.347 e. The number of amides is 1. The number of carbonyl (C=O) groups excluding carboxylic acids is 1. The molecule has 0 saturated carbocycles. The van der Waals surface area contributed by atoms with Crippen molar-refractivity contribution in [3.63, 3.8) is 0 Å². The summed E-state index contributed by atoms with van der Waals surface area (Å²) in [6.07, 6.45) is 3.51. The summed E-state index contributed by atoms with van der Waals surface area (Å²) < 4.78 is 0. The van der Waals surface area contributed by atoms with Gasteiger partial charge in [0, 0.05) is 37.6 Å². The van der Waals surface area contributed by atoms with E-state index in [2.05, 4.69) is 20.9 Å². The summed E-state index contributed by atoms with van der Waals surface area (Å²) in [6, 6.07) is 8.97. The number of piperazine rings is 1. The molecule has 0 unspecified atom stereocenters. The molecule has 2 heterocycles. The number of H-pyrrole nitrogens is 1. The van der Waals surface area contributed by atoms with E-state index < -0.39 is 0 Å². The van der Waals surface area contributed by atoms with Gasteiger partial charge in [0.15, 0.2) is 0 Å². The van der Waals surface area contributed by atoms with Crippen LogP contribution in [0, 0.1) is 11.3 Å². The van der Waals surface area contributed by atoms with E-state index in [1.165, 1.54) is 0 Å². The first kappa shape index (κ1) is 14.3.